The Morgan fingerprint density at radius 3 is 2.57 bits per heavy atom. The molecule has 0 radical (unpaired) electrons. The minimum absolute atomic E-state index is 0. The van der Waals surface area contributed by atoms with Crippen molar-refractivity contribution in [3.8, 4) is 0 Å². The maximum Gasteiger partial charge on any atom is 0.269 e. The van der Waals surface area contributed by atoms with Crippen molar-refractivity contribution in [1.82, 2.24) is 10.2 Å². The van der Waals surface area contributed by atoms with Gasteiger partial charge in [-0.3, -0.25) is 14.9 Å². The van der Waals surface area contributed by atoms with Crippen LogP contribution in [-0.4, -0.2) is 41.4 Å². The highest BCUT2D eigenvalue weighted by Gasteiger charge is 2.26. The summed E-state index contributed by atoms with van der Waals surface area (Å²) in [6, 6.07) is 6.04. The number of hydrogen-bond donors (Lipinski definition) is 1. The zero-order valence-electron chi connectivity index (χ0n) is 11.9. The number of hydrogen-bond acceptors (Lipinski definition) is 4. The summed E-state index contributed by atoms with van der Waals surface area (Å²) < 4.78 is 0. The van der Waals surface area contributed by atoms with Gasteiger partial charge in [0.2, 0.25) is 0 Å². The lowest BCUT2D eigenvalue weighted by Gasteiger charge is -2.28. The van der Waals surface area contributed by atoms with Crippen LogP contribution in [0.2, 0.25) is 0 Å². The van der Waals surface area contributed by atoms with E-state index >= 15 is 0 Å². The van der Waals surface area contributed by atoms with Crippen LogP contribution in [0.15, 0.2) is 24.3 Å². The van der Waals surface area contributed by atoms with E-state index in [1.807, 2.05) is 11.8 Å². The Morgan fingerprint density at radius 1 is 1.43 bits per heavy atom. The van der Waals surface area contributed by atoms with E-state index in [4.69, 9.17) is 0 Å². The van der Waals surface area contributed by atoms with E-state index in [0.717, 1.165) is 25.9 Å². The van der Waals surface area contributed by atoms with Gasteiger partial charge in [-0.2, -0.15) is 0 Å². The number of carbonyl (C=O) groups is 1. The smallest absolute Gasteiger partial charge is 0.269 e. The number of amides is 1. The number of nitrogens with one attached hydrogen (secondary N) is 1. The molecule has 1 aromatic carbocycles. The van der Waals surface area contributed by atoms with Crippen LogP contribution in [-0.2, 0) is 0 Å². The summed E-state index contributed by atoms with van der Waals surface area (Å²) in [4.78, 5) is 24.6. The first-order valence-electron chi connectivity index (χ1n) is 6.89. The van der Waals surface area contributed by atoms with Crippen molar-refractivity contribution >= 4 is 24.0 Å². The topological polar surface area (TPSA) is 75.5 Å². The van der Waals surface area contributed by atoms with Crippen molar-refractivity contribution < 1.29 is 9.72 Å². The third-order valence-corrected chi connectivity index (χ3v) is 3.53. The minimum Gasteiger partial charge on any atom is -0.334 e. The summed E-state index contributed by atoms with van der Waals surface area (Å²) in [6.45, 7) is 4.50. The van der Waals surface area contributed by atoms with Crippen LogP contribution < -0.4 is 5.32 Å². The quantitative estimate of drug-likeness (QED) is 0.668. The highest BCUT2D eigenvalue weighted by atomic mass is 35.5. The molecule has 1 aliphatic rings. The maximum absolute atomic E-state index is 12.5. The first-order chi connectivity index (χ1) is 9.63. The number of nitro groups is 1. The second-order valence-electron chi connectivity index (χ2n) is 4.95. The highest BCUT2D eigenvalue weighted by Crippen LogP contribution is 2.17. The van der Waals surface area contributed by atoms with Crippen molar-refractivity contribution in [1.29, 1.82) is 0 Å². The Morgan fingerprint density at radius 2 is 2.10 bits per heavy atom. The molecule has 0 bridgehead atoms. The van der Waals surface area contributed by atoms with Gasteiger partial charge in [0.1, 0.15) is 0 Å². The molecule has 1 atom stereocenters. The predicted molar refractivity (Wildman–Crippen MR) is 82.9 cm³/mol. The summed E-state index contributed by atoms with van der Waals surface area (Å²) in [6.07, 6.45) is 1.86. The predicted octanol–water partition coefficient (Wildman–Crippen LogP) is 2.23. The number of non-ortho nitro benzene ring substituents is 1. The van der Waals surface area contributed by atoms with Gasteiger partial charge in [0.25, 0.3) is 11.6 Å². The fourth-order valence-electron chi connectivity index (χ4n) is 2.49. The second kappa shape index (κ2) is 7.95. The highest BCUT2D eigenvalue weighted by molar-refractivity contribution is 5.94. The van der Waals surface area contributed by atoms with Crippen LogP contribution in [0.25, 0.3) is 0 Å². The van der Waals surface area contributed by atoms with Gasteiger partial charge in [0.05, 0.1) is 4.92 Å². The average molecular weight is 314 g/mol. The van der Waals surface area contributed by atoms with Crippen molar-refractivity contribution in [2.24, 2.45) is 0 Å². The maximum atomic E-state index is 12.5. The van der Waals surface area contributed by atoms with Crippen LogP contribution in [0, 0.1) is 10.1 Å². The molecule has 1 aliphatic heterocycles. The Labute approximate surface area is 130 Å². The van der Waals surface area contributed by atoms with E-state index in [9.17, 15) is 14.9 Å². The molecule has 1 amide bonds. The van der Waals surface area contributed by atoms with E-state index < -0.39 is 4.92 Å². The molecule has 0 spiro atoms. The summed E-state index contributed by atoms with van der Waals surface area (Å²) in [5, 5.41) is 13.9. The average Bonchev–Trinajstić information content (AvgIpc) is 2.98. The molecule has 21 heavy (non-hydrogen) atoms. The number of rotatable bonds is 5. The zero-order chi connectivity index (χ0) is 14.5. The van der Waals surface area contributed by atoms with Crippen LogP contribution in [0.3, 0.4) is 0 Å². The number of halogens is 1. The first-order valence-corrected chi connectivity index (χ1v) is 6.89. The molecule has 7 heteroatoms. The van der Waals surface area contributed by atoms with Gasteiger partial charge in [-0.1, -0.05) is 6.92 Å². The van der Waals surface area contributed by atoms with E-state index in [0.29, 0.717) is 12.1 Å². The molecule has 0 aliphatic carbocycles. The molecule has 1 aromatic rings. The molecular weight excluding hydrogens is 294 g/mol. The molecule has 1 unspecified atom stereocenters. The van der Waals surface area contributed by atoms with Gasteiger partial charge >= 0.3 is 0 Å². The van der Waals surface area contributed by atoms with Crippen molar-refractivity contribution in [3.63, 3.8) is 0 Å². The fourth-order valence-corrected chi connectivity index (χ4v) is 2.49. The fraction of sp³-hybridized carbons (Fsp3) is 0.500. The summed E-state index contributed by atoms with van der Waals surface area (Å²) in [5.41, 5.74) is 0.516. The van der Waals surface area contributed by atoms with Crippen molar-refractivity contribution in [2.75, 3.05) is 19.6 Å². The zero-order valence-corrected chi connectivity index (χ0v) is 12.8. The Hall–Kier alpha value is -1.66. The van der Waals surface area contributed by atoms with E-state index in [2.05, 4.69) is 5.32 Å². The van der Waals surface area contributed by atoms with Gasteiger partial charge in [-0.05, 0) is 31.5 Å². The number of benzene rings is 1. The van der Waals surface area contributed by atoms with E-state index in [-0.39, 0.29) is 30.0 Å². The van der Waals surface area contributed by atoms with Crippen molar-refractivity contribution in [3.05, 3.63) is 39.9 Å². The number of carbonyl (C=O) groups excluding carboxylic acids is 1. The molecule has 0 aromatic heterocycles. The molecule has 1 saturated heterocycles. The van der Waals surface area contributed by atoms with Gasteiger partial charge in [-0.25, -0.2) is 0 Å². The van der Waals surface area contributed by atoms with Crippen LogP contribution in [0.5, 0.6) is 0 Å². The molecule has 1 N–H and O–H groups in total. The van der Waals surface area contributed by atoms with E-state index in [1.54, 1.807) is 0 Å². The molecule has 116 valence electrons. The molecule has 1 heterocycles. The monoisotopic (exact) mass is 313 g/mol. The normalized spacial score (nSPS) is 17.1. The van der Waals surface area contributed by atoms with Gasteiger partial charge in [0.15, 0.2) is 0 Å². The molecule has 0 saturated carbocycles. The minimum atomic E-state index is -0.459. The molecule has 2 rings (SSSR count). The standard InChI is InChI=1S/C14H19N3O3.ClH/c1-2-9-16(13-7-8-15-10-13)14(18)11-3-5-12(6-4-11)17(19)20;/h3-6,13,15H,2,7-10H2,1H3;1H. The number of nitrogens with zero attached hydrogens (tertiary/aromatic N) is 2. The lowest BCUT2D eigenvalue weighted by molar-refractivity contribution is -0.384. The van der Waals surface area contributed by atoms with Gasteiger partial charge < -0.3 is 10.2 Å². The van der Waals surface area contributed by atoms with Crippen LogP contribution >= 0.6 is 12.4 Å². The van der Waals surface area contributed by atoms with Crippen LogP contribution in [0.4, 0.5) is 5.69 Å². The Bertz CT molecular complexity index is 487. The van der Waals surface area contributed by atoms with Crippen LogP contribution in [0.1, 0.15) is 30.1 Å². The van der Waals surface area contributed by atoms with Crippen molar-refractivity contribution in [2.45, 2.75) is 25.8 Å². The molecular formula is C14H20ClN3O3. The summed E-state index contributed by atoms with van der Waals surface area (Å²) in [5.74, 6) is -0.0459. The third-order valence-electron chi connectivity index (χ3n) is 3.53. The summed E-state index contributed by atoms with van der Waals surface area (Å²) >= 11 is 0. The first kappa shape index (κ1) is 17.4. The lowest BCUT2D eigenvalue weighted by Crippen LogP contribution is -2.42. The third kappa shape index (κ3) is 4.15. The lowest BCUT2D eigenvalue weighted by atomic mass is 10.1. The Kier molecular flexibility index (Phi) is 6.58. The molecule has 1 fully saturated rings. The van der Waals surface area contributed by atoms with E-state index in [1.165, 1.54) is 24.3 Å². The second-order valence-corrected chi connectivity index (χ2v) is 4.95. The van der Waals surface area contributed by atoms with Gasteiger partial charge in [-0.15, -0.1) is 12.4 Å². The largest absolute Gasteiger partial charge is 0.334 e. The molecule has 6 nitrogen and oxygen atoms in total. The van der Waals surface area contributed by atoms with Gasteiger partial charge in [0, 0.05) is 36.8 Å². The number of nitro benzene ring substituents is 1. The Balaban J connectivity index is 0.00000220. The summed E-state index contributed by atoms with van der Waals surface area (Å²) in [7, 11) is 0. The SMILES string of the molecule is CCCN(C(=O)c1ccc([N+](=O)[O-])cc1)C1CCNC1.Cl.